The fraction of sp³-hybridized carbons (Fsp3) is 0.478. The summed E-state index contributed by atoms with van der Waals surface area (Å²) in [5.74, 6) is -2.85. The first kappa shape index (κ1) is 20.9. The number of aliphatic carboxylic acids is 1. The van der Waals surface area contributed by atoms with E-state index in [4.69, 9.17) is 0 Å². The van der Waals surface area contributed by atoms with Gasteiger partial charge < -0.3 is 10.4 Å². The van der Waals surface area contributed by atoms with Gasteiger partial charge in [0.2, 0.25) is 0 Å². The monoisotopic (exact) mass is 465 g/mol. The first-order valence-electron chi connectivity index (χ1n) is 11.4. The largest absolute Gasteiger partial charge is 0.481 e. The minimum absolute atomic E-state index is 0.0309. The molecule has 174 valence electrons. The number of rotatable bonds is 5. The molecular formula is C23H21F2N7O2. The van der Waals surface area contributed by atoms with Gasteiger partial charge in [-0.25, -0.2) is 23.7 Å². The average Bonchev–Trinajstić information content (AvgIpc) is 3.53. The number of carbonyl (C=O) groups is 1. The van der Waals surface area contributed by atoms with Crippen molar-refractivity contribution in [2.75, 3.05) is 5.32 Å². The third-order valence-electron chi connectivity index (χ3n) is 7.68. The van der Waals surface area contributed by atoms with Crippen LogP contribution >= 0.6 is 0 Å². The maximum Gasteiger partial charge on any atom is 0.308 e. The number of aromatic nitrogens is 5. The van der Waals surface area contributed by atoms with Crippen molar-refractivity contribution in [1.29, 1.82) is 5.26 Å². The van der Waals surface area contributed by atoms with E-state index < -0.39 is 35.0 Å². The van der Waals surface area contributed by atoms with Crippen molar-refractivity contribution in [3.05, 3.63) is 29.6 Å². The molecule has 4 aliphatic rings. The van der Waals surface area contributed by atoms with Gasteiger partial charge in [-0.05, 0) is 56.4 Å². The van der Waals surface area contributed by atoms with Crippen LogP contribution in [0.15, 0.2) is 12.3 Å². The number of anilines is 1. The number of pyridine rings is 1. The lowest BCUT2D eigenvalue weighted by atomic mass is 9.61. The molecule has 4 saturated carbocycles. The summed E-state index contributed by atoms with van der Waals surface area (Å²) in [6, 6.07) is 2.92. The van der Waals surface area contributed by atoms with Gasteiger partial charge in [-0.2, -0.15) is 10.4 Å². The molecule has 3 heterocycles. The van der Waals surface area contributed by atoms with E-state index in [2.05, 4.69) is 36.5 Å². The van der Waals surface area contributed by atoms with Crippen LogP contribution in [0, 0.1) is 40.7 Å². The minimum atomic E-state index is -1.06. The summed E-state index contributed by atoms with van der Waals surface area (Å²) in [6.45, 7) is 0. The highest BCUT2D eigenvalue weighted by Crippen LogP contribution is 2.50. The molecule has 0 saturated heterocycles. The molecule has 7 rings (SSSR count). The smallest absolute Gasteiger partial charge is 0.308 e. The quantitative estimate of drug-likeness (QED) is 0.520. The number of hydrogen-bond acceptors (Lipinski definition) is 7. The second-order valence-electron chi connectivity index (χ2n) is 9.58. The molecule has 0 aromatic carbocycles. The summed E-state index contributed by atoms with van der Waals surface area (Å²) in [4.78, 5) is 24.8. The van der Waals surface area contributed by atoms with Crippen molar-refractivity contribution < 1.29 is 18.7 Å². The zero-order valence-electron chi connectivity index (χ0n) is 18.1. The van der Waals surface area contributed by atoms with E-state index >= 15 is 4.39 Å². The van der Waals surface area contributed by atoms with Crippen LogP contribution < -0.4 is 5.32 Å². The van der Waals surface area contributed by atoms with E-state index in [9.17, 15) is 19.6 Å². The molecule has 4 fully saturated rings. The van der Waals surface area contributed by atoms with Crippen LogP contribution in [0.5, 0.6) is 0 Å². The van der Waals surface area contributed by atoms with Crippen molar-refractivity contribution in [3.63, 3.8) is 0 Å². The Hall–Kier alpha value is -3.68. The Morgan fingerprint density at radius 2 is 1.94 bits per heavy atom. The number of halogens is 2. The predicted molar refractivity (Wildman–Crippen MR) is 115 cm³/mol. The van der Waals surface area contributed by atoms with Gasteiger partial charge >= 0.3 is 5.97 Å². The van der Waals surface area contributed by atoms with Gasteiger partial charge in [-0.15, -0.1) is 0 Å². The van der Waals surface area contributed by atoms with Crippen LogP contribution in [-0.4, -0.2) is 42.3 Å². The number of nitriles is 1. The second-order valence-corrected chi connectivity index (χ2v) is 9.58. The van der Waals surface area contributed by atoms with E-state index in [-0.39, 0.29) is 40.5 Å². The van der Waals surface area contributed by atoms with Crippen LogP contribution in [-0.2, 0) is 10.2 Å². The lowest BCUT2D eigenvalue weighted by molar-refractivity contribution is -0.148. The van der Waals surface area contributed by atoms with E-state index in [1.165, 1.54) is 6.07 Å². The molecule has 9 nitrogen and oxygen atoms in total. The summed E-state index contributed by atoms with van der Waals surface area (Å²) in [7, 11) is 0. The lowest BCUT2D eigenvalue weighted by Gasteiger charge is -2.47. The maximum atomic E-state index is 15.7. The van der Waals surface area contributed by atoms with Crippen molar-refractivity contribution in [1.82, 2.24) is 25.1 Å². The number of fused-ring (bicyclic) bond motifs is 4. The molecule has 3 aromatic heterocycles. The van der Waals surface area contributed by atoms with Gasteiger partial charge in [0.15, 0.2) is 23.1 Å². The number of carboxylic acid groups (broad SMARTS) is 1. The van der Waals surface area contributed by atoms with Crippen molar-refractivity contribution in [3.8, 4) is 17.6 Å². The third kappa shape index (κ3) is 3.12. The number of H-pyrrole nitrogens is 1. The summed E-state index contributed by atoms with van der Waals surface area (Å²) >= 11 is 0. The van der Waals surface area contributed by atoms with Crippen LogP contribution in [0.2, 0.25) is 0 Å². The highest BCUT2D eigenvalue weighted by Gasteiger charge is 2.51. The van der Waals surface area contributed by atoms with E-state index in [1.807, 2.05) is 0 Å². The SMILES string of the molecule is N#CC1(c2nc(-c3[nH]nc4ncc(F)cc34)nc(NC3C4CCC(CC4)C3C(=O)O)c2F)CC1. The molecule has 3 N–H and O–H groups in total. The third-order valence-corrected chi connectivity index (χ3v) is 7.68. The number of aromatic amines is 1. The highest BCUT2D eigenvalue weighted by molar-refractivity contribution is 5.88. The van der Waals surface area contributed by atoms with Crippen molar-refractivity contribution in [2.24, 2.45) is 17.8 Å². The molecule has 2 atom stereocenters. The van der Waals surface area contributed by atoms with Gasteiger partial charge in [0.1, 0.15) is 22.6 Å². The molecule has 2 bridgehead atoms. The second kappa shape index (κ2) is 7.41. The zero-order chi connectivity index (χ0) is 23.6. The molecule has 0 spiro atoms. The Labute approximate surface area is 192 Å². The molecule has 34 heavy (non-hydrogen) atoms. The van der Waals surface area contributed by atoms with Crippen LogP contribution in [0.4, 0.5) is 14.6 Å². The molecule has 3 aromatic rings. The van der Waals surface area contributed by atoms with Gasteiger partial charge in [0.05, 0.1) is 23.6 Å². The van der Waals surface area contributed by atoms with E-state index in [0.29, 0.717) is 18.2 Å². The Morgan fingerprint density at radius 3 is 2.62 bits per heavy atom. The molecule has 11 heteroatoms. The topological polar surface area (TPSA) is 140 Å². The minimum Gasteiger partial charge on any atom is -0.481 e. The maximum absolute atomic E-state index is 15.7. The molecule has 2 unspecified atom stereocenters. The average molecular weight is 465 g/mol. The number of carboxylic acids is 1. The van der Waals surface area contributed by atoms with Gasteiger partial charge in [-0.1, -0.05) is 0 Å². The molecule has 4 aliphatic carbocycles. The van der Waals surface area contributed by atoms with Gasteiger partial charge in [0, 0.05) is 6.04 Å². The Bertz CT molecular complexity index is 1360. The van der Waals surface area contributed by atoms with Crippen molar-refractivity contribution in [2.45, 2.75) is 50.0 Å². The predicted octanol–water partition coefficient (Wildman–Crippen LogP) is 3.55. The summed E-state index contributed by atoms with van der Waals surface area (Å²) in [6.07, 6.45) is 5.39. The Balaban J connectivity index is 1.48. The number of nitrogens with one attached hydrogen (secondary N) is 2. The number of nitrogens with zero attached hydrogens (tertiary/aromatic N) is 5. The first-order valence-corrected chi connectivity index (χ1v) is 11.4. The molecule has 0 radical (unpaired) electrons. The zero-order valence-corrected chi connectivity index (χ0v) is 18.1. The van der Waals surface area contributed by atoms with Gasteiger partial charge in [0.25, 0.3) is 0 Å². The molecule has 0 amide bonds. The summed E-state index contributed by atoms with van der Waals surface area (Å²) < 4.78 is 29.6. The fourth-order valence-corrected chi connectivity index (χ4v) is 5.71. The Morgan fingerprint density at radius 1 is 1.21 bits per heavy atom. The first-order chi connectivity index (χ1) is 16.4. The fourth-order valence-electron chi connectivity index (χ4n) is 5.71. The standard InChI is InChI=1S/C23H21F2N7O2/c24-12-7-13-17(31-32-19(13)27-8-12)21-29-18(23(9-26)5-6-23)15(25)20(30-21)28-16-11-3-1-10(2-4-11)14(16)22(33)34/h7-8,10-11,14,16H,1-6H2,(H,33,34)(H,27,31,32)(H,28,29,30). The number of hydrogen-bond donors (Lipinski definition) is 3. The Kier molecular flexibility index (Phi) is 4.56. The van der Waals surface area contributed by atoms with Crippen LogP contribution in [0.3, 0.4) is 0 Å². The summed E-state index contributed by atoms with van der Waals surface area (Å²) in [5, 5.41) is 29.8. The summed E-state index contributed by atoms with van der Waals surface area (Å²) in [5.41, 5.74) is -0.602. The van der Waals surface area contributed by atoms with E-state index in [0.717, 1.165) is 31.9 Å². The molecular weight excluding hydrogens is 444 g/mol. The molecule has 0 aliphatic heterocycles. The van der Waals surface area contributed by atoms with E-state index in [1.54, 1.807) is 0 Å². The van der Waals surface area contributed by atoms with Gasteiger partial charge in [-0.3, -0.25) is 9.89 Å². The highest BCUT2D eigenvalue weighted by atomic mass is 19.1. The normalized spacial score (nSPS) is 26.9. The van der Waals surface area contributed by atoms with Crippen molar-refractivity contribution >= 4 is 22.8 Å². The van der Waals surface area contributed by atoms with Crippen LogP contribution in [0.1, 0.15) is 44.2 Å². The lowest BCUT2D eigenvalue weighted by Crippen LogP contribution is -2.51. The van der Waals surface area contributed by atoms with Crippen LogP contribution in [0.25, 0.3) is 22.6 Å².